The molecule has 0 saturated heterocycles. The fraction of sp³-hybridized carbons (Fsp3) is 0.115. The van der Waals surface area contributed by atoms with E-state index in [-0.39, 0.29) is 40.1 Å². The van der Waals surface area contributed by atoms with E-state index in [1.807, 2.05) is 30.3 Å². The number of aromatic nitrogens is 1. The number of esters is 1. The number of rotatable bonds is 8. The Morgan fingerprint density at radius 3 is 2.34 bits per heavy atom. The number of oxazole rings is 1. The lowest BCUT2D eigenvalue weighted by atomic mass is 10.1. The van der Waals surface area contributed by atoms with E-state index >= 15 is 0 Å². The van der Waals surface area contributed by atoms with Crippen molar-refractivity contribution in [2.75, 3.05) is 19.5 Å². The number of halogens is 1. The topological polar surface area (TPSA) is 99.9 Å². The number of methoxy groups -OCH3 is 2. The summed E-state index contributed by atoms with van der Waals surface area (Å²) in [5.41, 5.74) is 1.31. The number of benzene rings is 3. The largest absolute Gasteiger partial charge is 0.493 e. The SMILES string of the molecule is COc1cc(NC(=O)c2ccccc2Cl)c(C(=O)OCc2ncc(-c3ccccc3)o2)cc1OC. The molecule has 0 spiro atoms. The Morgan fingerprint density at radius 2 is 1.63 bits per heavy atom. The van der Waals surface area contributed by atoms with Gasteiger partial charge in [-0.05, 0) is 12.1 Å². The van der Waals surface area contributed by atoms with Crippen molar-refractivity contribution in [3.05, 3.63) is 95.0 Å². The number of nitrogens with zero attached hydrogens (tertiary/aromatic N) is 1. The monoisotopic (exact) mass is 492 g/mol. The van der Waals surface area contributed by atoms with Crippen molar-refractivity contribution in [2.24, 2.45) is 0 Å². The molecule has 8 nitrogen and oxygen atoms in total. The standard InChI is InChI=1S/C26H21ClN2O6/c1-32-21-12-18(20(13-22(21)33-2)29-25(30)17-10-6-7-11-19(17)27)26(31)34-15-24-28-14-23(35-24)16-8-4-3-5-9-16/h3-14H,15H2,1-2H3,(H,29,30). The molecule has 178 valence electrons. The van der Waals surface area contributed by atoms with Crippen molar-refractivity contribution in [1.29, 1.82) is 0 Å². The van der Waals surface area contributed by atoms with Crippen molar-refractivity contribution in [3.8, 4) is 22.8 Å². The first-order valence-electron chi connectivity index (χ1n) is 10.5. The molecule has 0 radical (unpaired) electrons. The molecule has 1 aromatic heterocycles. The molecule has 0 atom stereocenters. The molecular formula is C26H21ClN2O6. The minimum atomic E-state index is -0.722. The van der Waals surface area contributed by atoms with Crippen LogP contribution in [0, 0.1) is 0 Å². The smallest absolute Gasteiger partial charge is 0.340 e. The number of carbonyl (C=O) groups excluding carboxylic acids is 2. The average molecular weight is 493 g/mol. The Kier molecular flexibility index (Phi) is 7.32. The highest BCUT2D eigenvalue weighted by atomic mass is 35.5. The number of ether oxygens (including phenoxy) is 3. The summed E-state index contributed by atoms with van der Waals surface area (Å²) in [6.07, 6.45) is 1.56. The quantitative estimate of drug-likeness (QED) is 0.318. The summed E-state index contributed by atoms with van der Waals surface area (Å²) in [4.78, 5) is 30.0. The second-order valence-electron chi connectivity index (χ2n) is 7.25. The summed E-state index contributed by atoms with van der Waals surface area (Å²) in [7, 11) is 2.88. The number of hydrogen-bond acceptors (Lipinski definition) is 7. The van der Waals surface area contributed by atoms with Crippen LogP contribution in [-0.2, 0) is 11.3 Å². The molecule has 1 heterocycles. The Balaban J connectivity index is 1.56. The molecule has 0 aliphatic heterocycles. The maximum Gasteiger partial charge on any atom is 0.340 e. The van der Waals surface area contributed by atoms with Crippen LogP contribution in [0.3, 0.4) is 0 Å². The molecule has 0 saturated carbocycles. The normalized spacial score (nSPS) is 10.5. The minimum Gasteiger partial charge on any atom is -0.493 e. The molecule has 4 aromatic rings. The minimum absolute atomic E-state index is 0.0536. The lowest BCUT2D eigenvalue weighted by Crippen LogP contribution is -2.17. The lowest BCUT2D eigenvalue weighted by Gasteiger charge is -2.15. The van der Waals surface area contributed by atoms with Gasteiger partial charge in [0.15, 0.2) is 23.9 Å². The number of anilines is 1. The van der Waals surface area contributed by atoms with Gasteiger partial charge in [-0.3, -0.25) is 4.79 Å². The van der Waals surface area contributed by atoms with Crippen LogP contribution >= 0.6 is 11.6 Å². The molecule has 0 aliphatic rings. The summed E-state index contributed by atoms with van der Waals surface area (Å²) < 4.78 is 21.7. The van der Waals surface area contributed by atoms with Crippen molar-refractivity contribution >= 4 is 29.2 Å². The van der Waals surface area contributed by atoms with Gasteiger partial charge < -0.3 is 23.9 Å². The van der Waals surface area contributed by atoms with E-state index in [1.165, 1.54) is 26.4 Å². The number of amides is 1. The molecule has 1 amide bonds. The average Bonchev–Trinajstić information content (AvgIpc) is 3.37. The summed E-state index contributed by atoms with van der Waals surface area (Å²) in [5, 5.41) is 2.97. The maximum absolute atomic E-state index is 13.0. The Bertz CT molecular complexity index is 1350. The highest BCUT2D eigenvalue weighted by Crippen LogP contribution is 2.34. The Labute approximate surface area is 206 Å². The number of carbonyl (C=O) groups is 2. The number of hydrogen-bond donors (Lipinski definition) is 1. The zero-order valence-electron chi connectivity index (χ0n) is 18.9. The van der Waals surface area contributed by atoms with Crippen molar-refractivity contribution in [3.63, 3.8) is 0 Å². The van der Waals surface area contributed by atoms with E-state index in [2.05, 4.69) is 10.3 Å². The maximum atomic E-state index is 13.0. The highest BCUT2D eigenvalue weighted by molar-refractivity contribution is 6.34. The third-order valence-electron chi connectivity index (χ3n) is 5.05. The van der Waals surface area contributed by atoms with Gasteiger partial charge in [-0.15, -0.1) is 0 Å². The van der Waals surface area contributed by atoms with Crippen molar-refractivity contribution < 1.29 is 28.2 Å². The van der Waals surface area contributed by atoms with Gasteiger partial charge in [0.05, 0.1) is 42.3 Å². The highest BCUT2D eigenvalue weighted by Gasteiger charge is 2.22. The fourth-order valence-corrected chi connectivity index (χ4v) is 3.53. The summed E-state index contributed by atoms with van der Waals surface area (Å²) >= 11 is 6.14. The zero-order chi connectivity index (χ0) is 24.8. The van der Waals surface area contributed by atoms with Gasteiger partial charge in [-0.2, -0.15) is 0 Å². The summed E-state index contributed by atoms with van der Waals surface area (Å²) in [5.74, 6) is 0.156. The first-order chi connectivity index (χ1) is 17.0. The van der Waals surface area contributed by atoms with Crippen LogP contribution in [0.15, 0.2) is 77.3 Å². The van der Waals surface area contributed by atoms with Crippen LogP contribution in [0.4, 0.5) is 5.69 Å². The molecule has 3 aromatic carbocycles. The van der Waals surface area contributed by atoms with Gasteiger partial charge in [-0.1, -0.05) is 54.1 Å². The second kappa shape index (κ2) is 10.8. The van der Waals surface area contributed by atoms with Gasteiger partial charge in [0.1, 0.15) is 0 Å². The molecule has 0 unspecified atom stereocenters. The molecule has 9 heteroatoms. The molecule has 35 heavy (non-hydrogen) atoms. The van der Waals surface area contributed by atoms with E-state index in [0.29, 0.717) is 11.5 Å². The molecule has 0 bridgehead atoms. The number of nitrogens with one attached hydrogen (secondary N) is 1. The predicted molar refractivity (Wildman–Crippen MR) is 130 cm³/mol. The van der Waals surface area contributed by atoms with E-state index in [0.717, 1.165) is 5.56 Å². The first-order valence-corrected chi connectivity index (χ1v) is 10.9. The van der Waals surface area contributed by atoms with E-state index in [1.54, 1.807) is 30.5 Å². The van der Waals surface area contributed by atoms with Crippen LogP contribution in [0.5, 0.6) is 11.5 Å². The molecule has 4 rings (SSSR count). The second-order valence-corrected chi connectivity index (χ2v) is 7.65. The van der Waals surface area contributed by atoms with Gasteiger partial charge in [0.2, 0.25) is 5.89 Å². The third-order valence-corrected chi connectivity index (χ3v) is 5.38. The van der Waals surface area contributed by atoms with Crippen LogP contribution in [0.1, 0.15) is 26.6 Å². The zero-order valence-corrected chi connectivity index (χ0v) is 19.7. The molecule has 0 aliphatic carbocycles. The molecular weight excluding hydrogens is 472 g/mol. The van der Waals surface area contributed by atoms with Crippen LogP contribution in [0.2, 0.25) is 5.02 Å². The van der Waals surface area contributed by atoms with Crippen LogP contribution < -0.4 is 14.8 Å². The third kappa shape index (κ3) is 5.44. The van der Waals surface area contributed by atoms with Crippen LogP contribution in [-0.4, -0.2) is 31.1 Å². The summed E-state index contributed by atoms with van der Waals surface area (Å²) in [6, 6.07) is 18.9. The Hall–Kier alpha value is -4.30. The van der Waals surface area contributed by atoms with Gasteiger partial charge in [0.25, 0.3) is 5.91 Å². The lowest BCUT2D eigenvalue weighted by molar-refractivity contribution is 0.0439. The Morgan fingerprint density at radius 1 is 0.943 bits per heavy atom. The van der Waals surface area contributed by atoms with E-state index in [9.17, 15) is 9.59 Å². The van der Waals surface area contributed by atoms with Gasteiger partial charge in [-0.25, -0.2) is 9.78 Å². The summed E-state index contributed by atoms with van der Waals surface area (Å²) in [6.45, 7) is -0.210. The van der Waals surface area contributed by atoms with E-state index < -0.39 is 11.9 Å². The molecule has 1 N–H and O–H groups in total. The van der Waals surface area contributed by atoms with Crippen LogP contribution in [0.25, 0.3) is 11.3 Å². The predicted octanol–water partition coefficient (Wildman–Crippen LogP) is 5.62. The van der Waals surface area contributed by atoms with Crippen molar-refractivity contribution in [2.45, 2.75) is 6.61 Å². The van der Waals surface area contributed by atoms with Gasteiger partial charge in [0, 0.05) is 17.7 Å². The van der Waals surface area contributed by atoms with E-state index in [4.69, 9.17) is 30.2 Å². The first kappa shape index (κ1) is 23.8. The van der Waals surface area contributed by atoms with Gasteiger partial charge >= 0.3 is 5.97 Å². The molecule has 0 fully saturated rings. The van der Waals surface area contributed by atoms with Crippen molar-refractivity contribution in [1.82, 2.24) is 4.98 Å². The fourth-order valence-electron chi connectivity index (χ4n) is 3.30.